The summed E-state index contributed by atoms with van der Waals surface area (Å²) in [5.41, 5.74) is 13.8. The van der Waals surface area contributed by atoms with Crippen molar-refractivity contribution < 1.29 is 22.6 Å². The molecule has 0 spiro atoms. The molecule has 2 N–H and O–H groups in total. The largest absolute Gasteiger partial charge is 0.497 e. The first-order valence-electron chi connectivity index (χ1n) is 17.1. The average molecular weight is 694 g/mol. The number of nitrogens with two attached hydrogens (primary N) is 1. The molecular formula is C39H43N5O5S. The summed E-state index contributed by atoms with van der Waals surface area (Å²) in [6, 6.07) is 24.7. The van der Waals surface area contributed by atoms with E-state index in [1.807, 2.05) is 60.7 Å². The fourth-order valence-corrected chi connectivity index (χ4v) is 8.48. The van der Waals surface area contributed by atoms with Crippen LogP contribution in [0.25, 0.3) is 11.1 Å². The van der Waals surface area contributed by atoms with Gasteiger partial charge in [-0.1, -0.05) is 36.4 Å². The smallest absolute Gasteiger partial charge is 0.262 e. The van der Waals surface area contributed by atoms with E-state index in [2.05, 4.69) is 22.2 Å². The Hall–Kier alpha value is -4.87. The molecule has 10 nitrogen and oxygen atoms in total. The lowest BCUT2D eigenvalue weighted by atomic mass is 9.98. The third-order valence-corrected chi connectivity index (χ3v) is 11.5. The van der Waals surface area contributed by atoms with Crippen LogP contribution in [-0.2, 0) is 42.5 Å². The number of hydrogen-bond acceptors (Lipinski definition) is 8. The maximum absolute atomic E-state index is 14.1. The Balaban J connectivity index is 1.01. The number of rotatable bonds is 13. The van der Waals surface area contributed by atoms with Gasteiger partial charge in [0.1, 0.15) is 17.6 Å². The van der Waals surface area contributed by atoms with Gasteiger partial charge in [0.05, 0.1) is 14.2 Å². The van der Waals surface area contributed by atoms with Crippen molar-refractivity contribution in [3.63, 3.8) is 0 Å². The normalized spacial score (nSPS) is 17.2. The van der Waals surface area contributed by atoms with E-state index in [4.69, 9.17) is 19.9 Å². The summed E-state index contributed by atoms with van der Waals surface area (Å²) >= 11 is 0. The molecule has 2 aliphatic rings. The van der Waals surface area contributed by atoms with Crippen molar-refractivity contribution in [2.75, 3.05) is 20.0 Å². The summed E-state index contributed by atoms with van der Waals surface area (Å²) in [4.78, 5) is 4.50. The molecule has 11 heteroatoms. The van der Waals surface area contributed by atoms with Gasteiger partial charge in [-0.3, -0.25) is 4.68 Å². The van der Waals surface area contributed by atoms with Crippen LogP contribution in [-0.4, -0.2) is 47.8 Å². The highest BCUT2D eigenvalue weighted by atomic mass is 32.2. The van der Waals surface area contributed by atoms with E-state index in [9.17, 15) is 8.42 Å². The molecule has 3 aromatic carbocycles. The number of methoxy groups -OCH3 is 2. The monoisotopic (exact) mass is 693 g/mol. The minimum absolute atomic E-state index is 0.0170. The molecule has 0 radical (unpaired) electrons. The Labute approximate surface area is 293 Å². The van der Waals surface area contributed by atoms with Gasteiger partial charge < -0.3 is 19.9 Å². The van der Waals surface area contributed by atoms with Crippen LogP contribution in [0.1, 0.15) is 47.9 Å². The SMILES string of the molecule is COc1ccc(CN(Cc2ccc(OC)cc2)S(=O)(=O)c2ccn(CC3CCC(Oc4cc(-c5ccc6c(c5N)CCC6)ccn4)C3)n2)cc1. The second kappa shape index (κ2) is 14.5. The molecule has 2 aliphatic carbocycles. The van der Waals surface area contributed by atoms with Gasteiger partial charge in [-0.15, -0.1) is 0 Å². The van der Waals surface area contributed by atoms with E-state index in [1.165, 1.54) is 15.4 Å². The zero-order valence-corrected chi connectivity index (χ0v) is 29.3. The summed E-state index contributed by atoms with van der Waals surface area (Å²) in [7, 11) is -0.721. The quantitative estimate of drug-likeness (QED) is 0.136. The van der Waals surface area contributed by atoms with Crippen LogP contribution in [0.2, 0.25) is 0 Å². The van der Waals surface area contributed by atoms with Crippen LogP contribution in [0.4, 0.5) is 5.69 Å². The first kappa shape index (κ1) is 33.6. The van der Waals surface area contributed by atoms with Crippen molar-refractivity contribution in [2.45, 2.75) is 69.3 Å². The van der Waals surface area contributed by atoms with Gasteiger partial charge >= 0.3 is 0 Å². The number of fused-ring (bicyclic) bond motifs is 1. The number of nitrogen functional groups attached to an aromatic ring is 1. The van der Waals surface area contributed by atoms with Gasteiger partial charge in [-0.25, -0.2) is 13.4 Å². The molecule has 2 aromatic heterocycles. The first-order chi connectivity index (χ1) is 24.3. The van der Waals surface area contributed by atoms with Gasteiger partial charge in [-0.05, 0) is 109 Å². The Morgan fingerprint density at radius 1 is 0.880 bits per heavy atom. The number of anilines is 1. The lowest BCUT2D eigenvalue weighted by Crippen LogP contribution is -2.30. The van der Waals surface area contributed by atoms with E-state index in [-0.39, 0.29) is 24.2 Å². The fourth-order valence-electron chi connectivity index (χ4n) is 7.13. The molecule has 2 heterocycles. The zero-order chi connectivity index (χ0) is 34.7. The van der Waals surface area contributed by atoms with Crippen molar-refractivity contribution in [1.29, 1.82) is 0 Å². The molecule has 1 fully saturated rings. The molecule has 2 atom stereocenters. The van der Waals surface area contributed by atoms with E-state index in [1.54, 1.807) is 37.4 Å². The fraction of sp³-hybridized carbons (Fsp3) is 0.333. The number of nitrogens with zero attached hydrogens (tertiary/aromatic N) is 4. The predicted octanol–water partition coefficient (Wildman–Crippen LogP) is 6.67. The van der Waals surface area contributed by atoms with E-state index >= 15 is 0 Å². The molecule has 2 unspecified atom stereocenters. The van der Waals surface area contributed by atoms with E-state index < -0.39 is 10.0 Å². The molecule has 5 aromatic rings. The molecule has 50 heavy (non-hydrogen) atoms. The van der Waals surface area contributed by atoms with Crippen LogP contribution < -0.4 is 19.9 Å². The van der Waals surface area contributed by atoms with E-state index in [0.29, 0.717) is 29.8 Å². The minimum atomic E-state index is -3.93. The summed E-state index contributed by atoms with van der Waals surface area (Å²) in [5, 5.41) is 4.60. The second-order valence-electron chi connectivity index (χ2n) is 13.2. The standard InChI is InChI=1S/C39H43N5O5S/c1-47-32-12-6-27(7-13-32)25-44(26-28-8-14-33(48-2)15-9-28)50(45,46)38-19-21-43(42-38)24-29-10-16-34(22-29)49-37-23-31(18-20-41-37)36-17-11-30-4-3-5-35(30)39(36)40/h6-9,11-15,17-21,23,29,34H,3-5,10,16,22,24-26,40H2,1-2H3. The minimum Gasteiger partial charge on any atom is -0.497 e. The van der Waals surface area contributed by atoms with Gasteiger partial charge in [0.25, 0.3) is 10.0 Å². The van der Waals surface area contributed by atoms with Crippen LogP contribution in [0.3, 0.4) is 0 Å². The number of sulfonamides is 1. The van der Waals surface area contributed by atoms with Crippen molar-refractivity contribution in [2.24, 2.45) is 5.92 Å². The Morgan fingerprint density at radius 3 is 2.26 bits per heavy atom. The highest BCUT2D eigenvalue weighted by molar-refractivity contribution is 7.89. The average Bonchev–Trinajstić information content (AvgIpc) is 3.92. The summed E-state index contributed by atoms with van der Waals surface area (Å²) in [6.45, 7) is 0.966. The van der Waals surface area contributed by atoms with Crippen LogP contribution >= 0.6 is 0 Å². The maximum atomic E-state index is 14.1. The van der Waals surface area contributed by atoms with Gasteiger partial charge in [0.15, 0.2) is 5.03 Å². The molecule has 0 bridgehead atoms. The van der Waals surface area contributed by atoms with E-state index in [0.717, 1.165) is 66.5 Å². The molecule has 260 valence electrons. The summed E-state index contributed by atoms with van der Waals surface area (Å²) < 4.78 is 48.3. The van der Waals surface area contributed by atoms with Gasteiger partial charge in [0, 0.05) is 49.3 Å². The molecule has 0 saturated heterocycles. The number of benzene rings is 3. The number of aryl methyl sites for hydroxylation is 1. The molecule has 1 saturated carbocycles. The third kappa shape index (κ3) is 7.34. The lowest BCUT2D eigenvalue weighted by Gasteiger charge is -2.22. The highest BCUT2D eigenvalue weighted by Gasteiger charge is 2.30. The lowest BCUT2D eigenvalue weighted by molar-refractivity contribution is 0.193. The number of aromatic nitrogens is 3. The Kier molecular flexibility index (Phi) is 9.78. The topological polar surface area (TPSA) is 122 Å². The molecule has 7 rings (SSSR count). The number of ether oxygens (including phenoxy) is 3. The van der Waals surface area contributed by atoms with Crippen LogP contribution in [0, 0.1) is 5.92 Å². The van der Waals surface area contributed by atoms with Crippen molar-refractivity contribution in [3.05, 3.63) is 114 Å². The maximum Gasteiger partial charge on any atom is 0.262 e. The summed E-state index contributed by atoms with van der Waals surface area (Å²) in [6.07, 6.45) is 9.50. The summed E-state index contributed by atoms with van der Waals surface area (Å²) in [5.74, 6) is 2.30. The first-order valence-corrected chi connectivity index (χ1v) is 18.6. The molecular weight excluding hydrogens is 651 g/mol. The molecule has 0 aliphatic heterocycles. The number of hydrogen-bond donors (Lipinski definition) is 1. The van der Waals surface area contributed by atoms with Crippen molar-refractivity contribution in [1.82, 2.24) is 19.1 Å². The van der Waals surface area contributed by atoms with Crippen molar-refractivity contribution >= 4 is 15.7 Å². The highest BCUT2D eigenvalue weighted by Crippen LogP contribution is 2.37. The molecule has 0 amide bonds. The zero-order valence-electron chi connectivity index (χ0n) is 28.5. The van der Waals surface area contributed by atoms with Crippen LogP contribution in [0.15, 0.2) is 96.3 Å². The van der Waals surface area contributed by atoms with Crippen molar-refractivity contribution in [3.8, 4) is 28.5 Å². The Morgan fingerprint density at radius 2 is 1.58 bits per heavy atom. The van der Waals surface area contributed by atoms with Gasteiger partial charge in [-0.2, -0.15) is 9.40 Å². The third-order valence-electron chi connectivity index (χ3n) is 9.85. The predicted molar refractivity (Wildman–Crippen MR) is 193 cm³/mol. The van der Waals surface area contributed by atoms with Crippen LogP contribution in [0.5, 0.6) is 17.4 Å². The Bertz CT molecular complexity index is 2000. The van der Waals surface area contributed by atoms with Gasteiger partial charge in [0.2, 0.25) is 5.88 Å². The number of pyridine rings is 1. The second-order valence-corrected chi connectivity index (χ2v) is 15.0.